The average molecular weight is 406 g/mol. The highest BCUT2D eigenvalue weighted by atomic mass is 19.1. The van der Waals surface area contributed by atoms with E-state index in [1.807, 2.05) is 30.3 Å². The molecule has 1 heterocycles. The van der Waals surface area contributed by atoms with E-state index in [-0.39, 0.29) is 18.3 Å². The number of halogens is 1. The van der Waals surface area contributed by atoms with Gasteiger partial charge in [0.2, 0.25) is 0 Å². The number of nitrogens with zero attached hydrogens (tertiary/aromatic N) is 1. The lowest BCUT2D eigenvalue weighted by Gasteiger charge is -2.30. The predicted molar refractivity (Wildman–Crippen MR) is 115 cm³/mol. The van der Waals surface area contributed by atoms with Crippen molar-refractivity contribution in [1.29, 1.82) is 0 Å². The van der Waals surface area contributed by atoms with Crippen molar-refractivity contribution in [3.8, 4) is 5.75 Å². The Morgan fingerprint density at radius 1 is 0.967 bits per heavy atom. The van der Waals surface area contributed by atoms with Crippen LogP contribution in [0, 0.1) is 5.82 Å². The minimum absolute atomic E-state index is 0.245. The van der Waals surface area contributed by atoms with Gasteiger partial charge in [-0.15, -0.1) is 0 Å². The number of nitrogens with one attached hydrogen (secondary N) is 1. The van der Waals surface area contributed by atoms with Crippen LogP contribution >= 0.6 is 0 Å². The molecule has 1 saturated heterocycles. The molecule has 1 N–H and O–H groups in total. The first-order valence-corrected chi connectivity index (χ1v) is 9.90. The Morgan fingerprint density at radius 3 is 2.47 bits per heavy atom. The van der Waals surface area contributed by atoms with Crippen LogP contribution in [0.2, 0.25) is 0 Å². The zero-order chi connectivity index (χ0) is 20.8. The normalized spacial score (nSPS) is 13.7. The first-order chi connectivity index (χ1) is 14.7. The Labute approximate surface area is 175 Å². The fraction of sp³-hybridized carbons (Fsp3) is 0.208. The van der Waals surface area contributed by atoms with E-state index < -0.39 is 0 Å². The van der Waals surface area contributed by atoms with E-state index in [2.05, 4.69) is 10.2 Å². The Morgan fingerprint density at radius 2 is 1.67 bits per heavy atom. The van der Waals surface area contributed by atoms with Crippen LogP contribution < -0.4 is 15.0 Å². The molecule has 1 aliphatic rings. The van der Waals surface area contributed by atoms with Crippen LogP contribution in [0.1, 0.15) is 15.9 Å². The molecule has 1 amide bonds. The highest BCUT2D eigenvalue weighted by Gasteiger charge is 2.18. The minimum Gasteiger partial charge on any atom is -0.488 e. The minimum atomic E-state index is -0.294. The third-order valence-corrected chi connectivity index (χ3v) is 4.94. The van der Waals surface area contributed by atoms with E-state index in [1.165, 1.54) is 12.1 Å². The molecule has 0 bridgehead atoms. The monoisotopic (exact) mass is 406 g/mol. The van der Waals surface area contributed by atoms with Crippen molar-refractivity contribution in [1.82, 2.24) is 0 Å². The largest absolute Gasteiger partial charge is 0.488 e. The predicted octanol–water partition coefficient (Wildman–Crippen LogP) is 4.49. The van der Waals surface area contributed by atoms with Crippen molar-refractivity contribution in [2.75, 3.05) is 36.5 Å². The maximum Gasteiger partial charge on any atom is 0.259 e. The number of amides is 1. The number of ether oxygens (including phenoxy) is 2. The summed E-state index contributed by atoms with van der Waals surface area (Å²) in [5.74, 6) is -0.0638. The zero-order valence-corrected chi connectivity index (χ0v) is 16.5. The second kappa shape index (κ2) is 9.41. The van der Waals surface area contributed by atoms with Gasteiger partial charge in [0.1, 0.15) is 18.2 Å². The Kier molecular flexibility index (Phi) is 6.25. The number of benzene rings is 3. The maximum absolute atomic E-state index is 13.1. The maximum atomic E-state index is 13.1. The lowest BCUT2D eigenvalue weighted by Crippen LogP contribution is -2.36. The molecule has 4 rings (SSSR count). The van der Waals surface area contributed by atoms with Crippen LogP contribution in [-0.2, 0) is 11.3 Å². The molecule has 5 nitrogen and oxygen atoms in total. The first-order valence-electron chi connectivity index (χ1n) is 9.90. The molecule has 154 valence electrons. The van der Waals surface area contributed by atoms with Gasteiger partial charge in [-0.1, -0.05) is 36.4 Å². The van der Waals surface area contributed by atoms with Gasteiger partial charge in [0.05, 0.1) is 30.2 Å². The van der Waals surface area contributed by atoms with Crippen LogP contribution in [0.4, 0.5) is 15.8 Å². The van der Waals surface area contributed by atoms with Crippen LogP contribution in [0.15, 0.2) is 72.8 Å². The molecule has 0 aromatic heterocycles. The topological polar surface area (TPSA) is 50.8 Å². The summed E-state index contributed by atoms with van der Waals surface area (Å²) in [5, 5.41) is 3.02. The van der Waals surface area contributed by atoms with Crippen molar-refractivity contribution in [2.45, 2.75) is 6.61 Å². The second-order valence-electron chi connectivity index (χ2n) is 6.98. The highest BCUT2D eigenvalue weighted by Crippen LogP contribution is 2.28. The van der Waals surface area contributed by atoms with Gasteiger partial charge in [0.25, 0.3) is 5.91 Å². The number of hydrogen-bond acceptors (Lipinski definition) is 4. The molecule has 3 aromatic rings. The summed E-state index contributed by atoms with van der Waals surface area (Å²) in [5.41, 5.74) is 2.98. The summed E-state index contributed by atoms with van der Waals surface area (Å²) in [4.78, 5) is 15.2. The molecule has 6 heteroatoms. The molecule has 0 spiro atoms. The van der Waals surface area contributed by atoms with Gasteiger partial charge < -0.3 is 19.7 Å². The molecule has 1 aliphatic heterocycles. The van der Waals surface area contributed by atoms with E-state index in [0.717, 1.165) is 30.0 Å². The molecule has 0 atom stereocenters. The number of carbonyl (C=O) groups excluding carboxylic acids is 1. The van der Waals surface area contributed by atoms with Crippen LogP contribution in [0.3, 0.4) is 0 Å². The van der Waals surface area contributed by atoms with Crippen molar-refractivity contribution >= 4 is 17.3 Å². The number of rotatable bonds is 6. The van der Waals surface area contributed by atoms with Gasteiger partial charge in [-0.2, -0.15) is 0 Å². The summed E-state index contributed by atoms with van der Waals surface area (Å²) in [6.07, 6.45) is 0. The molecule has 0 radical (unpaired) electrons. The van der Waals surface area contributed by atoms with Gasteiger partial charge >= 0.3 is 0 Å². The Bertz CT molecular complexity index is 1000. The standard InChI is InChI=1S/C24H23FN2O3/c25-19-11-9-18(10-12-19)17-30-23-8-4-1-5-20(23)24(28)26-21-6-2-3-7-22(21)27-13-15-29-16-14-27/h1-12H,13-17H2,(H,26,28). The number of morpholine rings is 1. The van der Waals surface area contributed by atoms with E-state index in [0.29, 0.717) is 24.5 Å². The SMILES string of the molecule is O=C(Nc1ccccc1N1CCOCC1)c1ccccc1OCc1ccc(F)cc1. The van der Waals surface area contributed by atoms with E-state index in [9.17, 15) is 9.18 Å². The van der Waals surface area contributed by atoms with Crippen molar-refractivity contribution in [3.63, 3.8) is 0 Å². The van der Waals surface area contributed by atoms with Crippen LogP contribution in [0.5, 0.6) is 5.75 Å². The molecule has 30 heavy (non-hydrogen) atoms. The third-order valence-electron chi connectivity index (χ3n) is 4.94. The fourth-order valence-electron chi connectivity index (χ4n) is 3.37. The van der Waals surface area contributed by atoms with E-state index >= 15 is 0 Å². The summed E-state index contributed by atoms with van der Waals surface area (Å²) in [7, 11) is 0. The summed E-state index contributed by atoms with van der Waals surface area (Å²) < 4.78 is 24.4. The van der Waals surface area contributed by atoms with Gasteiger partial charge in [0, 0.05) is 13.1 Å². The molecule has 0 aliphatic carbocycles. The highest BCUT2D eigenvalue weighted by molar-refractivity contribution is 6.07. The molecule has 0 unspecified atom stereocenters. The molecule has 1 fully saturated rings. The van der Waals surface area contributed by atoms with Gasteiger partial charge in [-0.3, -0.25) is 4.79 Å². The summed E-state index contributed by atoms with van der Waals surface area (Å²) in [6.45, 7) is 3.15. The van der Waals surface area contributed by atoms with Gasteiger partial charge in [-0.05, 0) is 42.0 Å². The van der Waals surface area contributed by atoms with Crippen LogP contribution in [0.25, 0.3) is 0 Å². The number of para-hydroxylation sites is 3. The Balaban J connectivity index is 1.50. The van der Waals surface area contributed by atoms with Crippen LogP contribution in [-0.4, -0.2) is 32.2 Å². The number of hydrogen-bond donors (Lipinski definition) is 1. The van der Waals surface area contributed by atoms with Crippen molar-refractivity contribution < 1.29 is 18.7 Å². The number of anilines is 2. The van der Waals surface area contributed by atoms with E-state index in [1.54, 1.807) is 30.3 Å². The Hall–Kier alpha value is -3.38. The van der Waals surface area contributed by atoms with E-state index in [4.69, 9.17) is 9.47 Å². The third kappa shape index (κ3) is 4.78. The van der Waals surface area contributed by atoms with Crippen molar-refractivity contribution in [3.05, 3.63) is 89.7 Å². The number of carbonyl (C=O) groups is 1. The quantitative estimate of drug-likeness (QED) is 0.655. The first kappa shape index (κ1) is 19.9. The average Bonchev–Trinajstić information content (AvgIpc) is 2.80. The molecular formula is C24H23FN2O3. The van der Waals surface area contributed by atoms with Gasteiger partial charge in [0.15, 0.2) is 0 Å². The summed E-state index contributed by atoms with van der Waals surface area (Å²) in [6, 6.07) is 21.0. The smallest absolute Gasteiger partial charge is 0.259 e. The molecular weight excluding hydrogens is 383 g/mol. The molecule has 0 saturated carbocycles. The molecule has 3 aromatic carbocycles. The zero-order valence-electron chi connectivity index (χ0n) is 16.5. The lowest BCUT2D eigenvalue weighted by molar-refractivity contribution is 0.102. The van der Waals surface area contributed by atoms with Crippen molar-refractivity contribution in [2.24, 2.45) is 0 Å². The van der Waals surface area contributed by atoms with Gasteiger partial charge in [-0.25, -0.2) is 4.39 Å². The lowest BCUT2D eigenvalue weighted by atomic mass is 10.1. The second-order valence-corrected chi connectivity index (χ2v) is 6.98. The fourth-order valence-corrected chi connectivity index (χ4v) is 3.37. The summed E-state index contributed by atoms with van der Waals surface area (Å²) >= 11 is 0.